The van der Waals surface area contributed by atoms with E-state index < -0.39 is 0 Å². The number of fused-ring (bicyclic) bond motifs is 1. The number of ether oxygens (including phenoxy) is 1. The normalized spacial score (nSPS) is 24.5. The summed E-state index contributed by atoms with van der Waals surface area (Å²) in [5, 5.41) is 29.4. The number of rotatable bonds is 2. The summed E-state index contributed by atoms with van der Waals surface area (Å²) in [6.07, 6.45) is 6.40. The van der Waals surface area contributed by atoms with E-state index in [4.69, 9.17) is 4.74 Å². The zero-order chi connectivity index (χ0) is 18.3. The molecule has 4 rings (SSSR count). The lowest BCUT2D eigenvalue weighted by Crippen LogP contribution is -2.32. The van der Waals surface area contributed by atoms with E-state index in [2.05, 4.69) is 6.08 Å². The van der Waals surface area contributed by atoms with Crippen LogP contribution in [0, 0.1) is 18.8 Å². The minimum Gasteiger partial charge on any atom is -0.508 e. The Kier molecular flexibility index (Phi) is 4.11. The second-order valence-corrected chi connectivity index (χ2v) is 7.11. The quantitative estimate of drug-likeness (QED) is 0.742. The van der Waals surface area contributed by atoms with Gasteiger partial charge in [-0.25, -0.2) is 0 Å². The van der Waals surface area contributed by atoms with Crippen molar-refractivity contribution in [2.45, 2.75) is 19.3 Å². The topological polar surface area (TPSA) is 69.9 Å². The van der Waals surface area contributed by atoms with Crippen molar-refractivity contribution in [1.29, 1.82) is 0 Å². The number of aromatic hydroxyl groups is 2. The van der Waals surface area contributed by atoms with Gasteiger partial charge in [0.25, 0.3) is 0 Å². The fourth-order valence-corrected chi connectivity index (χ4v) is 4.03. The largest absolute Gasteiger partial charge is 0.508 e. The predicted molar refractivity (Wildman–Crippen MR) is 99.7 cm³/mol. The molecular formula is C22H22O4. The smallest absolute Gasteiger partial charge is 0.126 e. The lowest BCUT2D eigenvalue weighted by molar-refractivity contribution is 0.170. The van der Waals surface area contributed by atoms with Crippen molar-refractivity contribution in [3.05, 3.63) is 77.1 Å². The molecule has 4 nitrogen and oxygen atoms in total. The first kappa shape index (κ1) is 16.6. The summed E-state index contributed by atoms with van der Waals surface area (Å²) in [5.74, 6) is 2.00. The lowest BCUT2D eigenvalue weighted by Gasteiger charge is -2.38. The number of aliphatic hydroxyl groups is 1. The molecule has 134 valence electrons. The molecule has 0 bridgehead atoms. The predicted octanol–water partition coefficient (Wildman–Crippen LogP) is 4.56. The highest BCUT2D eigenvalue weighted by atomic mass is 16.5. The zero-order valence-electron chi connectivity index (χ0n) is 14.6. The Hall–Kier alpha value is -2.88. The van der Waals surface area contributed by atoms with E-state index in [1.54, 1.807) is 24.3 Å². The van der Waals surface area contributed by atoms with Gasteiger partial charge in [-0.2, -0.15) is 0 Å². The standard InChI is InChI=1S/C22H22O4/c1-13-10-15(4-9-20(13)25)22-18-8-7-17(24)11-21(18)26-12-19(22)14-2-5-16(23)6-3-14/h2,4-11,14,19,22-25H,3,12H2,1H3/t14?,19-,22-/m1/s1. The first-order valence-electron chi connectivity index (χ1n) is 8.85. The third kappa shape index (κ3) is 2.92. The Bertz CT molecular complexity index is 897. The third-order valence-corrected chi connectivity index (χ3v) is 5.43. The van der Waals surface area contributed by atoms with Gasteiger partial charge in [0.15, 0.2) is 0 Å². The molecule has 0 fully saturated rings. The molecule has 1 heterocycles. The van der Waals surface area contributed by atoms with Crippen LogP contribution in [0.2, 0.25) is 0 Å². The second kappa shape index (κ2) is 6.45. The molecule has 0 amide bonds. The van der Waals surface area contributed by atoms with Crippen molar-refractivity contribution in [1.82, 2.24) is 0 Å². The Morgan fingerprint density at radius 3 is 2.62 bits per heavy atom. The van der Waals surface area contributed by atoms with Gasteiger partial charge in [0.2, 0.25) is 0 Å². The van der Waals surface area contributed by atoms with Crippen molar-refractivity contribution >= 4 is 0 Å². The van der Waals surface area contributed by atoms with Crippen molar-refractivity contribution in [2.75, 3.05) is 6.61 Å². The van der Waals surface area contributed by atoms with Gasteiger partial charge >= 0.3 is 0 Å². The molecule has 26 heavy (non-hydrogen) atoms. The van der Waals surface area contributed by atoms with Gasteiger partial charge in [-0.3, -0.25) is 0 Å². The molecule has 2 aromatic rings. The summed E-state index contributed by atoms with van der Waals surface area (Å²) in [4.78, 5) is 0. The first-order chi connectivity index (χ1) is 12.5. The number of aliphatic hydroxyl groups excluding tert-OH is 1. The highest BCUT2D eigenvalue weighted by Gasteiger charge is 2.37. The number of phenols is 2. The fraction of sp³-hybridized carbons (Fsp3) is 0.273. The van der Waals surface area contributed by atoms with Gasteiger partial charge in [0.05, 0.1) is 6.61 Å². The van der Waals surface area contributed by atoms with Crippen LogP contribution in [0.3, 0.4) is 0 Å². The highest BCUT2D eigenvalue weighted by Crippen LogP contribution is 2.47. The van der Waals surface area contributed by atoms with Crippen LogP contribution in [-0.4, -0.2) is 21.9 Å². The Morgan fingerprint density at radius 2 is 1.88 bits per heavy atom. The fourth-order valence-electron chi connectivity index (χ4n) is 4.03. The number of phenolic OH excluding ortho intramolecular Hbond substituents is 2. The summed E-state index contributed by atoms with van der Waals surface area (Å²) >= 11 is 0. The summed E-state index contributed by atoms with van der Waals surface area (Å²) in [7, 11) is 0. The van der Waals surface area contributed by atoms with Crippen LogP contribution < -0.4 is 4.74 Å². The summed E-state index contributed by atoms with van der Waals surface area (Å²) in [6.45, 7) is 2.43. The molecule has 2 aliphatic rings. The van der Waals surface area contributed by atoms with E-state index in [1.807, 2.05) is 31.2 Å². The Labute approximate surface area is 152 Å². The molecule has 0 saturated heterocycles. The molecule has 1 unspecified atom stereocenters. The molecule has 3 N–H and O–H groups in total. The maximum absolute atomic E-state index is 9.91. The average Bonchev–Trinajstić information content (AvgIpc) is 2.64. The summed E-state index contributed by atoms with van der Waals surface area (Å²) in [6, 6.07) is 11.0. The van der Waals surface area contributed by atoms with E-state index in [0.717, 1.165) is 23.1 Å². The van der Waals surface area contributed by atoms with Crippen LogP contribution in [0.1, 0.15) is 29.0 Å². The SMILES string of the molecule is Cc1cc([C@@H]2c3ccc(O)cc3OC[C@@H]2C2C=CC(O)=CC2)ccc1O. The lowest BCUT2D eigenvalue weighted by atomic mass is 9.71. The average molecular weight is 350 g/mol. The first-order valence-corrected chi connectivity index (χ1v) is 8.85. The van der Waals surface area contributed by atoms with E-state index in [1.165, 1.54) is 0 Å². The number of hydrogen-bond donors (Lipinski definition) is 3. The molecule has 1 aliphatic heterocycles. The number of benzene rings is 2. The van der Waals surface area contributed by atoms with Gasteiger partial charge in [0.1, 0.15) is 23.0 Å². The van der Waals surface area contributed by atoms with Gasteiger partial charge < -0.3 is 20.1 Å². The number of aryl methyl sites for hydroxylation is 1. The molecule has 2 aromatic carbocycles. The maximum Gasteiger partial charge on any atom is 0.126 e. The van der Waals surface area contributed by atoms with Gasteiger partial charge in [-0.1, -0.05) is 24.3 Å². The molecule has 0 aromatic heterocycles. The molecule has 0 saturated carbocycles. The molecule has 3 atom stereocenters. The van der Waals surface area contributed by atoms with E-state index >= 15 is 0 Å². The van der Waals surface area contributed by atoms with Gasteiger partial charge in [-0.15, -0.1) is 0 Å². The monoisotopic (exact) mass is 350 g/mol. The Balaban J connectivity index is 1.80. The molecule has 0 spiro atoms. The third-order valence-electron chi connectivity index (χ3n) is 5.43. The molecule has 1 aliphatic carbocycles. The summed E-state index contributed by atoms with van der Waals surface area (Å²) < 4.78 is 5.98. The minimum absolute atomic E-state index is 0.0851. The van der Waals surface area contributed by atoms with E-state index in [9.17, 15) is 15.3 Å². The van der Waals surface area contributed by atoms with Crippen LogP contribution in [0.25, 0.3) is 0 Å². The van der Waals surface area contributed by atoms with Crippen LogP contribution in [0.4, 0.5) is 0 Å². The zero-order valence-corrected chi connectivity index (χ0v) is 14.6. The summed E-state index contributed by atoms with van der Waals surface area (Å²) in [5.41, 5.74) is 2.99. The van der Waals surface area contributed by atoms with Crippen LogP contribution >= 0.6 is 0 Å². The van der Waals surface area contributed by atoms with Gasteiger partial charge in [0, 0.05) is 23.5 Å². The van der Waals surface area contributed by atoms with Crippen molar-refractivity contribution in [3.63, 3.8) is 0 Å². The Morgan fingerprint density at radius 1 is 1.04 bits per heavy atom. The van der Waals surface area contributed by atoms with E-state index in [-0.39, 0.29) is 29.3 Å². The van der Waals surface area contributed by atoms with Crippen molar-refractivity contribution < 1.29 is 20.1 Å². The number of allylic oxidation sites excluding steroid dienone is 3. The second-order valence-electron chi connectivity index (χ2n) is 7.11. The van der Waals surface area contributed by atoms with Crippen molar-refractivity contribution in [3.8, 4) is 17.2 Å². The van der Waals surface area contributed by atoms with Gasteiger partial charge in [-0.05, 0) is 54.7 Å². The van der Waals surface area contributed by atoms with Crippen LogP contribution in [0.5, 0.6) is 17.2 Å². The highest BCUT2D eigenvalue weighted by molar-refractivity contribution is 5.50. The molecular weight excluding hydrogens is 328 g/mol. The van der Waals surface area contributed by atoms with Crippen LogP contribution in [-0.2, 0) is 0 Å². The molecule has 0 radical (unpaired) electrons. The molecule has 4 heteroatoms. The number of hydrogen-bond acceptors (Lipinski definition) is 4. The minimum atomic E-state index is 0.0851. The van der Waals surface area contributed by atoms with Crippen LogP contribution in [0.15, 0.2) is 60.4 Å². The maximum atomic E-state index is 9.91. The van der Waals surface area contributed by atoms with E-state index in [0.29, 0.717) is 18.1 Å². The van der Waals surface area contributed by atoms with Crippen molar-refractivity contribution in [2.24, 2.45) is 11.8 Å².